The topological polar surface area (TPSA) is 108 Å². The number of fused-ring (bicyclic) bond motifs is 1. The number of thioether (sulfide) groups is 1. The molecule has 0 radical (unpaired) electrons. The van der Waals surface area contributed by atoms with Crippen molar-refractivity contribution < 1.29 is 24.2 Å². The molecule has 2 aromatic carbocycles. The zero-order valence-corrected chi connectivity index (χ0v) is 22.6. The zero-order chi connectivity index (χ0) is 26.9. The highest BCUT2D eigenvalue weighted by atomic mass is 32.2. The number of aliphatic hydroxyl groups excluding tert-OH is 1. The number of hydrogen-bond acceptors (Lipinski definition) is 6. The van der Waals surface area contributed by atoms with Gasteiger partial charge in [0.25, 0.3) is 0 Å². The molecule has 0 aromatic heterocycles. The monoisotopic (exact) mass is 537 g/mol. The number of carbonyl (C=O) groups excluding carboxylic acids is 3. The van der Waals surface area contributed by atoms with Gasteiger partial charge in [-0.2, -0.15) is 0 Å². The van der Waals surface area contributed by atoms with Crippen LogP contribution in [-0.2, 0) is 20.9 Å². The lowest BCUT2D eigenvalue weighted by Gasteiger charge is -2.34. The van der Waals surface area contributed by atoms with Crippen molar-refractivity contribution in [2.45, 2.75) is 55.2 Å². The summed E-state index contributed by atoms with van der Waals surface area (Å²) >= 11 is 1.64. The first-order valence-corrected chi connectivity index (χ1v) is 14.1. The predicted molar refractivity (Wildman–Crippen MR) is 147 cm³/mol. The fourth-order valence-electron chi connectivity index (χ4n) is 6.51. The molecule has 3 aliphatic rings. The molecular formula is C29H35N3O5S. The van der Waals surface area contributed by atoms with E-state index in [-0.39, 0.29) is 30.9 Å². The first kappa shape index (κ1) is 26.6. The number of anilines is 1. The molecule has 3 fully saturated rings. The van der Waals surface area contributed by atoms with Gasteiger partial charge in [0.1, 0.15) is 11.8 Å². The number of likely N-dealkylation sites (tertiary alicyclic amines) is 1. The number of nitrogens with zero attached hydrogens (tertiary/aromatic N) is 1. The highest BCUT2D eigenvalue weighted by Gasteiger charge is 2.76. The Labute approximate surface area is 227 Å². The lowest BCUT2D eigenvalue weighted by Crippen LogP contribution is -2.53. The number of nitrogens with one attached hydrogen (secondary N) is 2. The molecule has 1 spiro atoms. The SMILES string of the molecule is CCOc1ccc(NC(=O)[C@@H]2[C@H]3C(=O)N(CCCO)C(C(=O)NCc4ccccc4)C34CC[C@@]2(C)S4)cc1. The number of benzene rings is 2. The van der Waals surface area contributed by atoms with E-state index in [0.29, 0.717) is 31.7 Å². The van der Waals surface area contributed by atoms with Crippen LogP contribution in [0.3, 0.4) is 0 Å². The molecule has 9 heteroatoms. The van der Waals surface area contributed by atoms with Gasteiger partial charge in [0.15, 0.2) is 0 Å². The van der Waals surface area contributed by atoms with Crippen molar-refractivity contribution in [3.63, 3.8) is 0 Å². The summed E-state index contributed by atoms with van der Waals surface area (Å²) in [6.45, 7) is 5.09. The number of carbonyl (C=O) groups is 3. The van der Waals surface area contributed by atoms with Gasteiger partial charge in [0.2, 0.25) is 17.7 Å². The molecule has 8 nitrogen and oxygen atoms in total. The van der Waals surface area contributed by atoms with Crippen molar-refractivity contribution in [2.24, 2.45) is 11.8 Å². The lowest BCUT2D eigenvalue weighted by atomic mass is 9.66. The normalized spacial score (nSPS) is 29.3. The molecule has 2 unspecified atom stereocenters. The average Bonchev–Trinajstić information content (AvgIpc) is 3.48. The molecule has 3 amide bonds. The maximum atomic E-state index is 13.9. The van der Waals surface area contributed by atoms with Gasteiger partial charge in [-0.3, -0.25) is 14.4 Å². The van der Waals surface area contributed by atoms with Crippen LogP contribution < -0.4 is 15.4 Å². The summed E-state index contributed by atoms with van der Waals surface area (Å²) in [7, 11) is 0. The Hall–Kier alpha value is -3.04. The number of amides is 3. The Morgan fingerprint density at radius 2 is 1.84 bits per heavy atom. The highest BCUT2D eigenvalue weighted by molar-refractivity contribution is 8.02. The van der Waals surface area contributed by atoms with E-state index in [4.69, 9.17) is 4.74 Å². The van der Waals surface area contributed by atoms with Crippen LogP contribution in [0, 0.1) is 11.8 Å². The molecule has 202 valence electrons. The number of ether oxygens (including phenoxy) is 1. The standard InChI is InChI=1S/C29H35N3O5S/c1-3-37-21-12-10-20(11-13-21)31-25(34)22-23-27(36)32(16-7-17-33)24(29(23)15-14-28(22,2)38-29)26(35)30-18-19-8-5-4-6-9-19/h4-6,8-13,22-24,33H,3,7,14-18H2,1-2H3,(H,30,35)(H,31,34)/t22-,23-,24?,28+,29?/m0/s1. The lowest BCUT2D eigenvalue weighted by molar-refractivity contribution is -0.139. The largest absolute Gasteiger partial charge is 0.494 e. The zero-order valence-electron chi connectivity index (χ0n) is 21.8. The van der Waals surface area contributed by atoms with Crippen molar-refractivity contribution in [3.8, 4) is 5.75 Å². The molecule has 5 rings (SSSR count). The average molecular weight is 538 g/mol. The van der Waals surface area contributed by atoms with Crippen molar-refractivity contribution in [3.05, 3.63) is 60.2 Å². The third-order valence-electron chi connectivity index (χ3n) is 8.11. The van der Waals surface area contributed by atoms with Gasteiger partial charge in [0, 0.05) is 30.1 Å². The van der Waals surface area contributed by atoms with Crippen molar-refractivity contribution in [2.75, 3.05) is 25.1 Å². The molecule has 5 atom stereocenters. The fourth-order valence-corrected chi connectivity index (χ4v) is 8.87. The van der Waals surface area contributed by atoms with Gasteiger partial charge in [-0.1, -0.05) is 30.3 Å². The maximum Gasteiger partial charge on any atom is 0.244 e. The van der Waals surface area contributed by atoms with Gasteiger partial charge in [0.05, 0.1) is 23.2 Å². The van der Waals surface area contributed by atoms with Gasteiger partial charge in [-0.15, -0.1) is 11.8 Å². The molecule has 3 heterocycles. The van der Waals surface area contributed by atoms with Crippen LogP contribution in [0.5, 0.6) is 5.75 Å². The first-order valence-electron chi connectivity index (χ1n) is 13.3. The van der Waals surface area contributed by atoms with Gasteiger partial charge in [-0.05, 0) is 62.9 Å². The van der Waals surface area contributed by atoms with E-state index in [9.17, 15) is 19.5 Å². The molecule has 38 heavy (non-hydrogen) atoms. The summed E-state index contributed by atoms with van der Waals surface area (Å²) < 4.78 is 4.37. The Kier molecular flexibility index (Phi) is 7.42. The summed E-state index contributed by atoms with van der Waals surface area (Å²) in [5.41, 5.74) is 1.62. The number of aliphatic hydroxyl groups is 1. The summed E-state index contributed by atoms with van der Waals surface area (Å²) in [6, 6.07) is 16.2. The summed E-state index contributed by atoms with van der Waals surface area (Å²) in [4.78, 5) is 43.0. The quantitative estimate of drug-likeness (QED) is 0.430. The molecule has 2 aromatic rings. The Balaban J connectivity index is 1.41. The van der Waals surface area contributed by atoms with E-state index in [1.54, 1.807) is 28.8 Å². The van der Waals surface area contributed by atoms with E-state index in [1.165, 1.54) is 0 Å². The molecule has 3 N–H and O–H groups in total. The predicted octanol–water partition coefficient (Wildman–Crippen LogP) is 3.20. The van der Waals surface area contributed by atoms with Gasteiger partial charge >= 0.3 is 0 Å². The highest BCUT2D eigenvalue weighted by Crippen LogP contribution is 2.71. The van der Waals surface area contributed by atoms with E-state index in [1.807, 2.05) is 49.4 Å². The third kappa shape index (κ3) is 4.56. The molecule has 3 aliphatic heterocycles. The third-order valence-corrected chi connectivity index (χ3v) is 10.1. The Morgan fingerprint density at radius 3 is 2.53 bits per heavy atom. The van der Waals surface area contributed by atoms with Crippen molar-refractivity contribution in [1.29, 1.82) is 0 Å². The second-order valence-electron chi connectivity index (χ2n) is 10.5. The minimum atomic E-state index is -0.689. The van der Waals surface area contributed by atoms with E-state index < -0.39 is 27.4 Å². The van der Waals surface area contributed by atoms with Crippen LogP contribution in [0.1, 0.15) is 38.7 Å². The molecular weight excluding hydrogens is 502 g/mol. The van der Waals surface area contributed by atoms with Crippen LogP contribution in [0.15, 0.2) is 54.6 Å². The Morgan fingerprint density at radius 1 is 1.11 bits per heavy atom. The van der Waals surface area contributed by atoms with Gasteiger partial charge in [-0.25, -0.2) is 0 Å². The smallest absolute Gasteiger partial charge is 0.244 e. The van der Waals surface area contributed by atoms with Crippen molar-refractivity contribution in [1.82, 2.24) is 10.2 Å². The van der Waals surface area contributed by atoms with Crippen LogP contribution in [0.4, 0.5) is 5.69 Å². The van der Waals surface area contributed by atoms with Crippen LogP contribution in [0.2, 0.25) is 0 Å². The van der Waals surface area contributed by atoms with Crippen LogP contribution in [-0.4, -0.2) is 63.0 Å². The second kappa shape index (κ2) is 10.6. The number of rotatable bonds is 10. The summed E-state index contributed by atoms with van der Waals surface area (Å²) in [5, 5.41) is 15.6. The van der Waals surface area contributed by atoms with Crippen molar-refractivity contribution >= 4 is 35.2 Å². The fraction of sp³-hybridized carbons (Fsp3) is 0.483. The first-order chi connectivity index (χ1) is 18.3. The molecule has 2 bridgehead atoms. The second-order valence-corrected chi connectivity index (χ2v) is 12.4. The minimum absolute atomic E-state index is 0.0771. The molecule has 0 saturated carbocycles. The summed E-state index contributed by atoms with van der Waals surface area (Å²) in [6.07, 6.45) is 1.82. The summed E-state index contributed by atoms with van der Waals surface area (Å²) in [5.74, 6) is -1.00. The van der Waals surface area contributed by atoms with E-state index in [2.05, 4.69) is 17.6 Å². The van der Waals surface area contributed by atoms with E-state index in [0.717, 1.165) is 17.7 Å². The minimum Gasteiger partial charge on any atom is -0.494 e. The molecule has 0 aliphatic carbocycles. The maximum absolute atomic E-state index is 13.9. The van der Waals surface area contributed by atoms with Gasteiger partial charge < -0.3 is 25.4 Å². The molecule has 3 saturated heterocycles. The van der Waals surface area contributed by atoms with Crippen LogP contribution >= 0.6 is 11.8 Å². The Bertz CT molecular complexity index is 1190. The number of hydrogen-bond donors (Lipinski definition) is 3. The van der Waals surface area contributed by atoms with E-state index >= 15 is 0 Å². The van der Waals surface area contributed by atoms with Crippen LogP contribution in [0.25, 0.3) is 0 Å².